The fourth-order valence-electron chi connectivity index (χ4n) is 3.39. The molecular formula is C22H24FN5O4. The Morgan fingerprint density at radius 2 is 2.09 bits per heavy atom. The molecule has 2 aromatic rings. The highest BCUT2D eigenvalue weighted by Crippen LogP contribution is 2.35. The van der Waals surface area contributed by atoms with E-state index >= 15 is 4.39 Å². The van der Waals surface area contributed by atoms with Gasteiger partial charge in [-0.2, -0.15) is 10.1 Å². The highest BCUT2D eigenvalue weighted by atomic mass is 19.1. The average Bonchev–Trinajstić information content (AvgIpc) is 3.29. The third kappa shape index (κ3) is 4.13. The van der Waals surface area contributed by atoms with Gasteiger partial charge in [0.25, 0.3) is 0 Å². The second-order valence-corrected chi connectivity index (χ2v) is 7.76. The zero-order valence-electron chi connectivity index (χ0n) is 18.2. The van der Waals surface area contributed by atoms with E-state index in [1.807, 2.05) is 13.8 Å². The number of esters is 1. The Bertz CT molecular complexity index is 1190. The van der Waals surface area contributed by atoms with E-state index < -0.39 is 24.3 Å². The van der Waals surface area contributed by atoms with Crippen LogP contribution < -0.4 is 15.2 Å². The van der Waals surface area contributed by atoms with Crippen molar-refractivity contribution < 1.29 is 23.4 Å². The van der Waals surface area contributed by atoms with Crippen molar-refractivity contribution in [2.24, 2.45) is 10.7 Å². The largest absolute Gasteiger partial charge is 0.488 e. The van der Waals surface area contributed by atoms with Gasteiger partial charge in [-0.15, -0.1) is 0 Å². The van der Waals surface area contributed by atoms with Crippen LogP contribution in [0.5, 0.6) is 11.6 Å². The minimum absolute atomic E-state index is 0.116. The number of fused-ring (bicyclic) bond motifs is 2. The lowest BCUT2D eigenvalue weighted by molar-refractivity contribution is -0.150. The first-order chi connectivity index (χ1) is 15.2. The summed E-state index contributed by atoms with van der Waals surface area (Å²) in [6.45, 7) is 7.02. The molecule has 1 aliphatic heterocycles. The molecule has 1 aliphatic carbocycles. The summed E-state index contributed by atoms with van der Waals surface area (Å²) in [6, 6.07) is -0.707. The lowest BCUT2D eigenvalue weighted by Gasteiger charge is -2.18. The topological polar surface area (TPSA) is 113 Å². The first kappa shape index (κ1) is 21.7. The fourth-order valence-corrected chi connectivity index (χ4v) is 3.39. The number of hydrogen-bond acceptors (Lipinski definition) is 8. The van der Waals surface area contributed by atoms with Gasteiger partial charge in [0, 0.05) is 16.8 Å². The Kier molecular flexibility index (Phi) is 5.79. The molecule has 3 atom stereocenters. The number of aromatic nitrogens is 3. The number of aliphatic imine (C=N–C) groups is 1. The van der Waals surface area contributed by atoms with Crippen LogP contribution in [0.4, 0.5) is 4.39 Å². The molecule has 0 radical (unpaired) electrons. The normalized spacial score (nSPS) is 19.4. The van der Waals surface area contributed by atoms with E-state index in [2.05, 4.69) is 15.1 Å². The molecule has 2 aromatic heterocycles. The lowest BCUT2D eigenvalue weighted by Crippen LogP contribution is -2.33. The number of ether oxygens (including phenoxy) is 3. The van der Waals surface area contributed by atoms with Gasteiger partial charge in [-0.1, -0.05) is 0 Å². The van der Waals surface area contributed by atoms with E-state index in [0.717, 1.165) is 5.71 Å². The molecule has 2 unspecified atom stereocenters. The molecule has 168 valence electrons. The van der Waals surface area contributed by atoms with Crippen molar-refractivity contribution in [3.63, 3.8) is 0 Å². The van der Waals surface area contributed by atoms with E-state index in [0.29, 0.717) is 28.1 Å². The van der Waals surface area contributed by atoms with Crippen molar-refractivity contribution >= 4 is 17.2 Å². The predicted molar refractivity (Wildman–Crippen MR) is 115 cm³/mol. The van der Waals surface area contributed by atoms with Gasteiger partial charge in [0.2, 0.25) is 5.88 Å². The number of halogens is 1. The molecule has 9 nitrogen and oxygen atoms in total. The monoisotopic (exact) mass is 441 g/mol. The van der Waals surface area contributed by atoms with Crippen molar-refractivity contribution in [2.75, 3.05) is 6.61 Å². The summed E-state index contributed by atoms with van der Waals surface area (Å²) >= 11 is 0. The maximum absolute atomic E-state index is 15.0. The van der Waals surface area contributed by atoms with Crippen LogP contribution in [0.3, 0.4) is 0 Å². The maximum atomic E-state index is 15.0. The third-order valence-corrected chi connectivity index (χ3v) is 5.01. The van der Waals surface area contributed by atoms with Crippen LogP contribution in [-0.4, -0.2) is 51.2 Å². The molecule has 3 heterocycles. The zero-order valence-corrected chi connectivity index (χ0v) is 18.2. The van der Waals surface area contributed by atoms with Gasteiger partial charge in [0.1, 0.15) is 42.1 Å². The molecule has 10 heteroatoms. The minimum atomic E-state index is -1.45. The number of nitrogens with zero attached hydrogens (tertiary/aromatic N) is 4. The predicted octanol–water partition coefficient (Wildman–Crippen LogP) is 2.59. The van der Waals surface area contributed by atoms with Crippen LogP contribution in [0.2, 0.25) is 0 Å². The van der Waals surface area contributed by atoms with Crippen molar-refractivity contribution in [3.8, 4) is 11.6 Å². The molecule has 0 saturated heterocycles. The molecule has 0 fully saturated rings. The molecule has 0 bridgehead atoms. The van der Waals surface area contributed by atoms with Gasteiger partial charge in [-0.05, 0) is 45.9 Å². The number of aryl methyl sites for hydroxylation is 1. The summed E-state index contributed by atoms with van der Waals surface area (Å²) in [5, 5.41) is 4.19. The quantitative estimate of drug-likeness (QED) is 0.657. The standard InChI is InChI=1S/C22H24FN5O4/c1-11-7-15-16(27-11)5-6-17(19(15)23)32-21-20-13(3)18(8-28(20)26-10-25-21)30-9-12(2)31-22(29)14(4)24/h5-8,10,12,14,19H,9,24H2,1-4H3/t12-,14?,19?/m1/s1. The highest BCUT2D eigenvalue weighted by Gasteiger charge is 2.30. The first-order valence-corrected chi connectivity index (χ1v) is 10.2. The van der Waals surface area contributed by atoms with Gasteiger partial charge in [0.15, 0.2) is 6.17 Å². The molecular weight excluding hydrogens is 417 g/mol. The van der Waals surface area contributed by atoms with Crippen molar-refractivity contribution in [1.29, 1.82) is 0 Å². The Balaban J connectivity index is 1.53. The lowest BCUT2D eigenvalue weighted by atomic mass is 10.0. The van der Waals surface area contributed by atoms with E-state index in [9.17, 15) is 4.79 Å². The van der Waals surface area contributed by atoms with Gasteiger partial charge >= 0.3 is 5.97 Å². The van der Waals surface area contributed by atoms with Crippen LogP contribution in [0.15, 0.2) is 52.8 Å². The summed E-state index contributed by atoms with van der Waals surface area (Å²) in [5.41, 5.74) is 8.57. The molecule has 2 aliphatic rings. The Morgan fingerprint density at radius 3 is 2.84 bits per heavy atom. The van der Waals surface area contributed by atoms with Crippen LogP contribution in [0.1, 0.15) is 26.3 Å². The Morgan fingerprint density at radius 1 is 1.31 bits per heavy atom. The second kappa shape index (κ2) is 8.54. The van der Waals surface area contributed by atoms with Gasteiger partial charge < -0.3 is 19.9 Å². The second-order valence-electron chi connectivity index (χ2n) is 7.76. The number of alkyl halides is 1. The summed E-state index contributed by atoms with van der Waals surface area (Å²) in [6.07, 6.45) is 6.02. The maximum Gasteiger partial charge on any atom is 0.323 e. The van der Waals surface area contributed by atoms with E-state index in [1.54, 1.807) is 42.8 Å². The van der Waals surface area contributed by atoms with E-state index in [4.69, 9.17) is 19.9 Å². The summed E-state index contributed by atoms with van der Waals surface area (Å²) in [7, 11) is 0. The molecule has 32 heavy (non-hydrogen) atoms. The zero-order chi connectivity index (χ0) is 23.0. The number of carbonyl (C=O) groups excluding carboxylic acids is 1. The molecule has 4 rings (SSSR count). The molecule has 2 N–H and O–H groups in total. The van der Waals surface area contributed by atoms with Crippen molar-refractivity contribution in [1.82, 2.24) is 14.6 Å². The smallest absolute Gasteiger partial charge is 0.323 e. The van der Waals surface area contributed by atoms with E-state index in [-0.39, 0.29) is 18.2 Å². The molecule has 0 amide bonds. The third-order valence-electron chi connectivity index (χ3n) is 5.01. The summed E-state index contributed by atoms with van der Waals surface area (Å²) < 4.78 is 33.5. The minimum Gasteiger partial charge on any atom is -0.488 e. The van der Waals surface area contributed by atoms with Crippen LogP contribution in [0, 0.1) is 6.92 Å². The molecule has 0 spiro atoms. The number of carbonyl (C=O) groups is 1. The van der Waals surface area contributed by atoms with Gasteiger partial charge in [0.05, 0.1) is 11.9 Å². The van der Waals surface area contributed by atoms with Crippen LogP contribution in [-0.2, 0) is 9.53 Å². The molecule has 0 saturated carbocycles. The number of rotatable bonds is 7. The summed E-state index contributed by atoms with van der Waals surface area (Å²) in [5.74, 6) is 0.326. The Hall–Kier alpha value is -3.53. The summed E-state index contributed by atoms with van der Waals surface area (Å²) in [4.78, 5) is 20.1. The van der Waals surface area contributed by atoms with Gasteiger partial charge in [-0.25, -0.2) is 8.91 Å². The SMILES string of the molecule is CC1=NC2=CC=C(Oc3ncnn4cc(OC[C@@H](C)OC(=O)C(C)N)c(C)c34)C(F)C2=C1. The van der Waals surface area contributed by atoms with Crippen molar-refractivity contribution in [3.05, 3.63) is 53.3 Å². The first-order valence-electron chi connectivity index (χ1n) is 10.2. The number of nitrogens with two attached hydrogens (primary N) is 1. The molecule has 0 aromatic carbocycles. The van der Waals surface area contributed by atoms with Gasteiger partial charge in [-0.3, -0.25) is 9.79 Å². The van der Waals surface area contributed by atoms with Crippen LogP contribution >= 0.6 is 0 Å². The number of allylic oxidation sites excluding steroid dienone is 5. The van der Waals surface area contributed by atoms with Crippen molar-refractivity contribution in [2.45, 2.75) is 46.0 Å². The van der Waals surface area contributed by atoms with E-state index in [1.165, 1.54) is 6.33 Å². The highest BCUT2D eigenvalue weighted by molar-refractivity contribution is 5.98. The average molecular weight is 441 g/mol. The Labute approximate surface area is 184 Å². The van der Waals surface area contributed by atoms with Crippen LogP contribution in [0.25, 0.3) is 5.52 Å². The fraction of sp³-hybridized carbons (Fsp3) is 0.364. The number of hydrogen-bond donors (Lipinski definition) is 1.